The van der Waals surface area contributed by atoms with Gasteiger partial charge in [0.2, 0.25) is 6.33 Å². The molecule has 2 aromatic rings. The molecule has 3 heteroatoms. The molecule has 0 radical (unpaired) electrons. The summed E-state index contributed by atoms with van der Waals surface area (Å²) in [6.45, 7) is 6.00. The highest BCUT2D eigenvalue weighted by atomic mass is 16.5. The average Bonchev–Trinajstić information content (AvgIpc) is 2.86. The number of unbranched alkanes of at least 4 members (excludes halogenated alkanes) is 1. The third kappa shape index (κ3) is 3.13. The smallest absolute Gasteiger partial charge is 0.248 e. The molecular weight excluding hydrogens is 224 g/mol. The second-order valence-electron chi connectivity index (χ2n) is 4.34. The number of imidazole rings is 1. The fourth-order valence-electron chi connectivity index (χ4n) is 1.90. The average molecular weight is 245 g/mol. The normalized spacial score (nSPS) is 10.6. The molecule has 0 saturated heterocycles. The first-order chi connectivity index (χ1) is 8.83. The van der Waals surface area contributed by atoms with Crippen molar-refractivity contribution >= 4 is 0 Å². The molecule has 0 amide bonds. The summed E-state index contributed by atoms with van der Waals surface area (Å²) in [6, 6.07) is 8.18. The van der Waals surface area contributed by atoms with Gasteiger partial charge in [-0.15, -0.1) is 0 Å². The van der Waals surface area contributed by atoms with Crippen molar-refractivity contribution in [3.63, 3.8) is 0 Å². The first-order valence-corrected chi connectivity index (χ1v) is 6.63. The van der Waals surface area contributed by atoms with Crippen molar-refractivity contribution in [3.05, 3.63) is 43.0 Å². The Balaban J connectivity index is 2.08. The van der Waals surface area contributed by atoms with Gasteiger partial charge in [-0.25, -0.2) is 9.13 Å². The Morgan fingerprint density at radius 2 is 1.94 bits per heavy atom. The number of aromatic nitrogens is 2. The van der Waals surface area contributed by atoms with E-state index in [0.29, 0.717) is 6.61 Å². The van der Waals surface area contributed by atoms with Crippen LogP contribution in [0.15, 0.2) is 43.0 Å². The quantitative estimate of drug-likeness (QED) is 0.716. The van der Waals surface area contributed by atoms with E-state index in [2.05, 4.69) is 46.9 Å². The minimum Gasteiger partial charge on any atom is -0.494 e. The van der Waals surface area contributed by atoms with Crippen LogP contribution < -0.4 is 9.30 Å². The molecule has 0 saturated carbocycles. The second-order valence-corrected chi connectivity index (χ2v) is 4.34. The molecule has 0 N–H and O–H groups in total. The first kappa shape index (κ1) is 12.7. The fourth-order valence-corrected chi connectivity index (χ4v) is 1.90. The Labute approximate surface area is 109 Å². The van der Waals surface area contributed by atoms with E-state index in [9.17, 15) is 0 Å². The van der Waals surface area contributed by atoms with Gasteiger partial charge < -0.3 is 4.74 Å². The van der Waals surface area contributed by atoms with Crippen molar-refractivity contribution in [2.75, 3.05) is 6.61 Å². The summed E-state index contributed by atoms with van der Waals surface area (Å²) >= 11 is 0. The molecule has 96 valence electrons. The molecule has 3 nitrogen and oxygen atoms in total. The van der Waals surface area contributed by atoms with Gasteiger partial charge in [0, 0.05) is 0 Å². The van der Waals surface area contributed by atoms with E-state index in [1.807, 2.05) is 19.1 Å². The topological polar surface area (TPSA) is 18.0 Å². The number of ether oxygens (including phenoxy) is 1. The summed E-state index contributed by atoms with van der Waals surface area (Å²) in [7, 11) is 0. The van der Waals surface area contributed by atoms with E-state index in [1.165, 1.54) is 12.8 Å². The van der Waals surface area contributed by atoms with Crippen LogP contribution in [0.1, 0.15) is 26.7 Å². The van der Waals surface area contributed by atoms with Crippen LogP contribution in [-0.2, 0) is 6.54 Å². The van der Waals surface area contributed by atoms with Gasteiger partial charge in [0.1, 0.15) is 23.8 Å². The highest BCUT2D eigenvalue weighted by molar-refractivity contribution is 5.31. The Morgan fingerprint density at radius 3 is 2.61 bits per heavy atom. The van der Waals surface area contributed by atoms with Crippen molar-refractivity contribution in [1.82, 2.24) is 4.57 Å². The molecule has 0 aliphatic carbocycles. The molecule has 0 bridgehead atoms. The highest BCUT2D eigenvalue weighted by Gasteiger charge is 2.06. The van der Waals surface area contributed by atoms with Crippen molar-refractivity contribution < 1.29 is 9.30 Å². The summed E-state index contributed by atoms with van der Waals surface area (Å²) in [5.74, 6) is 0.923. The molecule has 2 rings (SSSR count). The molecule has 1 heterocycles. The van der Waals surface area contributed by atoms with Crippen LogP contribution in [0.5, 0.6) is 5.75 Å². The van der Waals surface area contributed by atoms with Gasteiger partial charge >= 0.3 is 0 Å². The monoisotopic (exact) mass is 245 g/mol. The molecule has 1 aromatic carbocycles. The van der Waals surface area contributed by atoms with Crippen LogP contribution in [0, 0.1) is 0 Å². The lowest BCUT2D eigenvalue weighted by molar-refractivity contribution is -0.595. The number of hydrogen-bond acceptors (Lipinski definition) is 1. The molecule has 0 aliphatic rings. The Kier molecular flexibility index (Phi) is 4.40. The van der Waals surface area contributed by atoms with E-state index in [1.54, 1.807) is 0 Å². The minimum absolute atomic E-state index is 0.708. The van der Waals surface area contributed by atoms with Crippen LogP contribution in [0.4, 0.5) is 0 Å². The molecule has 0 unspecified atom stereocenters. The lowest BCUT2D eigenvalue weighted by Crippen LogP contribution is -2.27. The Bertz CT molecular complexity index is 473. The molecule has 0 spiro atoms. The first-order valence-electron chi connectivity index (χ1n) is 6.63. The second kappa shape index (κ2) is 6.24. The lowest BCUT2D eigenvalue weighted by Gasteiger charge is -2.02. The van der Waals surface area contributed by atoms with Gasteiger partial charge in [-0.3, -0.25) is 0 Å². The number of rotatable bonds is 6. The van der Waals surface area contributed by atoms with E-state index < -0.39 is 0 Å². The summed E-state index contributed by atoms with van der Waals surface area (Å²) in [4.78, 5) is 0. The standard InChI is InChI=1S/C15H21N2O/c1-3-5-10-16-11-12-17(13-16)14-6-8-15(9-7-14)18-4-2/h6-9,11-13H,3-5,10H2,1-2H3/q+1. The van der Waals surface area contributed by atoms with Gasteiger partial charge in [-0.1, -0.05) is 13.3 Å². The van der Waals surface area contributed by atoms with E-state index >= 15 is 0 Å². The summed E-state index contributed by atoms with van der Waals surface area (Å²) < 4.78 is 9.79. The van der Waals surface area contributed by atoms with Crippen LogP contribution >= 0.6 is 0 Å². The Morgan fingerprint density at radius 1 is 1.17 bits per heavy atom. The zero-order valence-electron chi connectivity index (χ0n) is 11.2. The van der Waals surface area contributed by atoms with Crippen LogP contribution in [-0.4, -0.2) is 11.2 Å². The van der Waals surface area contributed by atoms with Crippen LogP contribution in [0.25, 0.3) is 5.69 Å². The SMILES string of the molecule is CCCCn1cc[n+](-c2ccc(OCC)cc2)c1. The Hall–Kier alpha value is -1.77. The van der Waals surface area contributed by atoms with Crippen molar-refractivity contribution in [3.8, 4) is 11.4 Å². The van der Waals surface area contributed by atoms with Gasteiger partial charge in [0.05, 0.1) is 13.2 Å². The number of benzene rings is 1. The van der Waals surface area contributed by atoms with Gasteiger partial charge in [-0.05, 0) is 37.6 Å². The maximum absolute atomic E-state index is 5.44. The van der Waals surface area contributed by atoms with Crippen molar-refractivity contribution in [1.29, 1.82) is 0 Å². The van der Waals surface area contributed by atoms with Gasteiger partial charge in [-0.2, -0.15) is 0 Å². The zero-order valence-corrected chi connectivity index (χ0v) is 11.2. The molecule has 0 atom stereocenters. The van der Waals surface area contributed by atoms with E-state index in [0.717, 1.165) is 18.0 Å². The molecule has 1 aromatic heterocycles. The largest absolute Gasteiger partial charge is 0.494 e. The molecule has 0 aliphatic heterocycles. The maximum Gasteiger partial charge on any atom is 0.248 e. The molecule has 18 heavy (non-hydrogen) atoms. The number of nitrogens with zero attached hydrogens (tertiary/aromatic N) is 2. The van der Waals surface area contributed by atoms with Gasteiger partial charge in [0.25, 0.3) is 0 Å². The van der Waals surface area contributed by atoms with Crippen LogP contribution in [0.2, 0.25) is 0 Å². The van der Waals surface area contributed by atoms with E-state index in [-0.39, 0.29) is 0 Å². The number of hydrogen-bond donors (Lipinski definition) is 0. The van der Waals surface area contributed by atoms with Crippen molar-refractivity contribution in [2.24, 2.45) is 0 Å². The summed E-state index contributed by atoms with van der Waals surface area (Å²) in [6.07, 6.45) is 8.78. The predicted molar refractivity (Wildman–Crippen MR) is 72.0 cm³/mol. The third-order valence-corrected chi connectivity index (χ3v) is 2.91. The maximum atomic E-state index is 5.44. The highest BCUT2D eigenvalue weighted by Crippen LogP contribution is 2.11. The number of aryl methyl sites for hydroxylation is 1. The van der Waals surface area contributed by atoms with Gasteiger partial charge in [0.15, 0.2) is 0 Å². The van der Waals surface area contributed by atoms with Crippen LogP contribution in [0.3, 0.4) is 0 Å². The lowest BCUT2D eigenvalue weighted by atomic mass is 10.3. The fraction of sp³-hybridized carbons (Fsp3) is 0.400. The summed E-state index contributed by atoms with van der Waals surface area (Å²) in [5, 5.41) is 0. The predicted octanol–water partition coefficient (Wildman–Crippen LogP) is 2.96. The van der Waals surface area contributed by atoms with E-state index in [4.69, 9.17) is 4.74 Å². The zero-order chi connectivity index (χ0) is 12.8. The summed E-state index contributed by atoms with van der Waals surface area (Å²) in [5.41, 5.74) is 1.16. The minimum atomic E-state index is 0.708. The molecular formula is C15H21N2O+. The third-order valence-electron chi connectivity index (χ3n) is 2.91. The van der Waals surface area contributed by atoms with Crippen molar-refractivity contribution in [2.45, 2.75) is 33.2 Å². The molecule has 0 fully saturated rings.